The number of benzene rings is 1. The van der Waals surface area contributed by atoms with Crippen LogP contribution >= 0.6 is 0 Å². The Morgan fingerprint density at radius 3 is 2.73 bits per heavy atom. The molecular weight excluding hydrogens is 378 g/mol. The molecule has 7 nitrogen and oxygen atoms in total. The number of aromatic nitrogens is 3. The zero-order chi connectivity index (χ0) is 20.9. The van der Waals surface area contributed by atoms with Gasteiger partial charge in [0.1, 0.15) is 11.6 Å². The van der Waals surface area contributed by atoms with Gasteiger partial charge in [0.25, 0.3) is 5.91 Å². The fourth-order valence-corrected chi connectivity index (χ4v) is 3.83. The van der Waals surface area contributed by atoms with Crippen molar-refractivity contribution in [2.45, 2.75) is 18.8 Å². The van der Waals surface area contributed by atoms with Crippen molar-refractivity contribution in [3.05, 3.63) is 66.1 Å². The number of nitrogens with one attached hydrogen (secondary N) is 1. The zero-order valence-electron chi connectivity index (χ0n) is 17.2. The highest BCUT2D eigenvalue weighted by Gasteiger charge is 2.28. The van der Waals surface area contributed by atoms with Crippen molar-refractivity contribution in [2.24, 2.45) is 0 Å². The Bertz CT molecular complexity index is 1030. The molecule has 1 fully saturated rings. The first-order valence-electron chi connectivity index (χ1n) is 10.1. The van der Waals surface area contributed by atoms with Crippen molar-refractivity contribution in [3.63, 3.8) is 0 Å². The first-order chi connectivity index (χ1) is 14.7. The van der Waals surface area contributed by atoms with Gasteiger partial charge < -0.3 is 15.0 Å². The lowest BCUT2D eigenvalue weighted by Gasteiger charge is -2.33. The second kappa shape index (κ2) is 8.90. The molecule has 0 unspecified atom stereocenters. The third kappa shape index (κ3) is 4.10. The van der Waals surface area contributed by atoms with Gasteiger partial charge in [-0.25, -0.2) is 9.97 Å². The highest BCUT2D eigenvalue weighted by atomic mass is 16.5. The topological polar surface area (TPSA) is 80.2 Å². The van der Waals surface area contributed by atoms with Crippen LogP contribution in [-0.2, 0) is 0 Å². The highest BCUT2D eigenvalue weighted by molar-refractivity contribution is 5.97. The lowest BCUT2D eigenvalue weighted by atomic mass is 9.93. The van der Waals surface area contributed by atoms with Gasteiger partial charge in [-0.05, 0) is 37.1 Å². The van der Waals surface area contributed by atoms with Crippen molar-refractivity contribution in [3.8, 4) is 17.1 Å². The maximum Gasteiger partial charge on any atom is 0.257 e. The number of para-hydroxylation sites is 1. The minimum absolute atomic E-state index is 0.00518. The summed E-state index contributed by atoms with van der Waals surface area (Å²) in [5, 5.41) is 3.13. The molecule has 1 atom stereocenters. The summed E-state index contributed by atoms with van der Waals surface area (Å²) in [6.07, 6.45) is 5.37. The number of methoxy groups -OCH3 is 1. The summed E-state index contributed by atoms with van der Waals surface area (Å²) in [7, 11) is 3.44. The molecule has 0 radical (unpaired) electrons. The summed E-state index contributed by atoms with van der Waals surface area (Å²) in [5.41, 5.74) is 2.46. The molecule has 3 aromatic rings. The van der Waals surface area contributed by atoms with E-state index in [1.807, 2.05) is 54.4 Å². The Balaban J connectivity index is 1.61. The van der Waals surface area contributed by atoms with Gasteiger partial charge in [-0.1, -0.05) is 12.1 Å². The molecule has 30 heavy (non-hydrogen) atoms. The van der Waals surface area contributed by atoms with Crippen molar-refractivity contribution in [1.29, 1.82) is 0 Å². The normalized spacial score (nSPS) is 16.2. The number of carbonyl (C=O) groups is 1. The largest absolute Gasteiger partial charge is 0.496 e. The molecule has 0 aliphatic carbocycles. The third-order valence-corrected chi connectivity index (χ3v) is 5.40. The molecule has 1 aromatic carbocycles. The Labute approximate surface area is 176 Å². The fourth-order valence-electron chi connectivity index (χ4n) is 3.83. The number of likely N-dealkylation sites (tertiary alicyclic amines) is 1. The van der Waals surface area contributed by atoms with Gasteiger partial charge in [0.05, 0.1) is 18.4 Å². The predicted octanol–water partition coefficient (Wildman–Crippen LogP) is 3.61. The minimum Gasteiger partial charge on any atom is -0.496 e. The van der Waals surface area contributed by atoms with Gasteiger partial charge in [0.2, 0.25) is 0 Å². The second-order valence-electron chi connectivity index (χ2n) is 7.28. The van der Waals surface area contributed by atoms with Crippen LogP contribution in [-0.4, -0.2) is 53.0 Å². The molecular formula is C23H25N5O2. The van der Waals surface area contributed by atoms with E-state index in [1.54, 1.807) is 19.5 Å². The third-order valence-electron chi connectivity index (χ3n) is 5.40. The number of amides is 1. The Morgan fingerprint density at radius 2 is 1.97 bits per heavy atom. The van der Waals surface area contributed by atoms with Crippen LogP contribution in [0.1, 0.15) is 34.8 Å². The van der Waals surface area contributed by atoms with E-state index in [-0.39, 0.29) is 11.8 Å². The molecule has 4 rings (SSSR count). The van der Waals surface area contributed by atoms with Gasteiger partial charge in [0.15, 0.2) is 5.82 Å². The Morgan fingerprint density at radius 1 is 1.17 bits per heavy atom. The van der Waals surface area contributed by atoms with Crippen LogP contribution in [0, 0.1) is 0 Å². The molecule has 0 bridgehead atoms. The summed E-state index contributed by atoms with van der Waals surface area (Å²) < 4.78 is 5.38. The monoisotopic (exact) mass is 403 g/mol. The molecule has 1 amide bonds. The number of hydrogen-bond acceptors (Lipinski definition) is 6. The number of rotatable bonds is 5. The van der Waals surface area contributed by atoms with Gasteiger partial charge in [-0.2, -0.15) is 0 Å². The van der Waals surface area contributed by atoms with E-state index >= 15 is 0 Å². The average Bonchev–Trinajstić information content (AvgIpc) is 2.83. The summed E-state index contributed by atoms with van der Waals surface area (Å²) in [6, 6.07) is 13.1. The van der Waals surface area contributed by atoms with Gasteiger partial charge >= 0.3 is 0 Å². The number of pyridine rings is 1. The number of carbonyl (C=O) groups excluding carboxylic acids is 1. The molecule has 2 aromatic heterocycles. The highest BCUT2D eigenvalue weighted by Crippen LogP contribution is 2.30. The molecule has 0 spiro atoms. The van der Waals surface area contributed by atoms with E-state index in [4.69, 9.17) is 9.72 Å². The number of ether oxygens (including phenoxy) is 1. The summed E-state index contributed by atoms with van der Waals surface area (Å²) in [4.78, 5) is 28.6. The van der Waals surface area contributed by atoms with E-state index in [0.29, 0.717) is 23.7 Å². The minimum atomic E-state index is -0.00518. The van der Waals surface area contributed by atoms with E-state index in [9.17, 15) is 4.79 Å². The standard InChI is InChI=1S/C23H25N5O2/c1-24-21-14-19(26-22(27-21)16-9-11-25-12-10-16)17-6-5-13-28(15-17)23(29)18-7-3-4-8-20(18)30-2/h3-4,7-12,14,17H,5-6,13,15H2,1-2H3,(H,24,26,27)/t17-/m1/s1. The van der Waals surface area contributed by atoms with Crippen LogP contribution in [0.2, 0.25) is 0 Å². The van der Waals surface area contributed by atoms with Crippen LogP contribution in [0.15, 0.2) is 54.9 Å². The van der Waals surface area contributed by atoms with E-state index < -0.39 is 0 Å². The van der Waals surface area contributed by atoms with E-state index in [2.05, 4.69) is 15.3 Å². The maximum atomic E-state index is 13.2. The summed E-state index contributed by atoms with van der Waals surface area (Å²) in [5.74, 6) is 2.17. The number of piperidine rings is 1. The Hall–Kier alpha value is -3.48. The second-order valence-corrected chi connectivity index (χ2v) is 7.28. The summed E-state index contributed by atoms with van der Waals surface area (Å²) >= 11 is 0. The number of nitrogens with zero attached hydrogens (tertiary/aromatic N) is 4. The van der Waals surface area contributed by atoms with E-state index in [0.717, 1.165) is 36.5 Å². The van der Waals surface area contributed by atoms with Crippen LogP contribution in [0.4, 0.5) is 5.82 Å². The number of anilines is 1. The van der Waals surface area contributed by atoms with Crippen molar-refractivity contribution in [2.75, 3.05) is 32.6 Å². The predicted molar refractivity (Wildman–Crippen MR) is 116 cm³/mol. The van der Waals surface area contributed by atoms with Crippen LogP contribution in [0.3, 0.4) is 0 Å². The van der Waals surface area contributed by atoms with Crippen molar-refractivity contribution >= 4 is 11.7 Å². The van der Waals surface area contributed by atoms with Crippen molar-refractivity contribution in [1.82, 2.24) is 19.9 Å². The first-order valence-corrected chi connectivity index (χ1v) is 10.1. The van der Waals surface area contributed by atoms with Gasteiger partial charge in [-0.3, -0.25) is 9.78 Å². The van der Waals surface area contributed by atoms with Crippen molar-refractivity contribution < 1.29 is 9.53 Å². The zero-order valence-corrected chi connectivity index (χ0v) is 17.2. The van der Waals surface area contributed by atoms with Crippen LogP contribution < -0.4 is 10.1 Å². The summed E-state index contributed by atoms with van der Waals surface area (Å²) in [6.45, 7) is 1.35. The molecule has 154 valence electrons. The average molecular weight is 403 g/mol. The molecule has 1 aliphatic rings. The molecule has 0 saturated carbocycles. The molecule has 1 aliphatic heterocycles. The van der Waals surface area contributed by atoms with E-state index in [1.165, 1.54) is 0 Å². The molecule has 3 heterocycles. The first kappa shape index (κ1) is 19.8. The molecule has 1 saturated heterocycles. The molecule has 1 N–H and O–H groups in total. The quantitative estimate of drug-likeness (QED) is 0.701. The molecule has 7 heteroatoms. The lowest BCUT2D eigenvalue weighted by Crippen LogP contribution is -2.39. The lowest BCUT2D eigenvalue weighted by molar-refractivity contribution is 0.0702. The Kier molecular flexibility index (Phi) is 5.88. The maximum absolute atomic E-state index is 13.2. The smallest absolute Gasteiger partial charge is 0.257 e. The van der Waals surface area contributed by atoms with Gasteiger partial charge in [0, 0.05) is 50.1 Å². The SMILES string of the molecule is CNc1cc([C@@H]2CCCN(C(=O)c3ccccc3OC)C2)nc(-c2ccncc2)n1. The van der Waals surface area contributed by atoms with Crippen LogP contribution in [0.5, 0.6) is 5.75 Å². The number of hydrogen-bond donors (Lipinski definition) is 1. The fraction of sp³-hybridized carbons (Fsp3) is 0.304. The van der Waals surface area contributed by atoms with Gasteiger partial charge in [-0.15, -0.1) is 0 Å². The van der Waals surface area contributed by atoms with Crippen LogP contribution in [0.25, 0.3) is 11.4 Å².